The first kappa shape index (κ1) is 20.1. The number of aromatic nitrogens is 1. The van der Waals surface area contributed by atoms with Gasteiger partial charge in [-0.3, -0.25) is 0 Å². The molecule has 1 atom stereocenters. The zero-order valence-corrected chi connectivity index (χ0v) is 14.9. The Kier molecular flexibility index (Phi) is 6.15. The highest BCUT2D eigenvalue weighted by atomic mass is 19.4. The molecule has 0 spiro atoms. The minimum Gasteiger partial charge on any atom is -0.479 e. The van der Waals surface area contributed by atoms with Gasteiger partial charge in [-0.2, -0.15) is 13.2 Å². The van der Waals surface area contributed by atoms with Crippen LogP contribution in [0.2, 0.25) is 0 Å². The molecule has 0 saturated heterocycles. The summed E-state index contributed by atoms with van der Waals surface area (Å²) in [5, 5.41) is 12.4. The first-order valence-electron chi connectivity index (χ1n) is 8.65. The van der Waals surface area contributed by atoms with E-state index in [1.54, 1.807) is 6.92 Å². The summed E-state index contributed by atoms with van der Waals surface area (Å²) in [4.78, 5) is 11.4. The van der Waals surface area contributed by atoms with E-state index in [-0.39, 0.29) is 17.4 Å². The van der Waals surface area contributed by atoms with Gasteiger partial charge in [-0.15, -0.1) is 0 Å². The molecule has 1 aromatic heterocycles. The van der Waals surface area contributed by atoms with Crippen molar-refractivity contribution in [2.45, 2.75) is 65.2 Å². The number of carbonyl (C=O) groups is 1. The number of alkyl halides is 3. The highest BCUT2D eigenvalue weighted by Gasteiger charge is 2.38. The summed E-state index contributed by atoms with van der Waals surface area (Å²) in [5.41, 5.74) is -0.0821. The van der Waals surface area contributed by atoms with Gasteiger partial charge in [-0.1, -0.05) is 38.8 Å². The Balaban J connectivity index is 2.73. The van der Waals surface area contributed by atoms with Crippen LogP contribution in [-0.2, 0) is 23.8 Å². The molecule has 26 heavy (non-hydrogen) atoms. The SMILES string of the molecule is CCCc1cc2c(C(F)(F)F)noc2c(CCC)c1OC(CC)C(=O)O. The number of hydrogen-bond acceptors (Lipinski definition) is 4. The summed E-state index contributed by atoms with van der Waals surface area (Å²) in [6.45, 7) is 5.43. The van der Waals surface area contributed by atoms with Crippen LogP contribution in [0.3, 0.4) is 0 Å². The van der Waals surface area contributed by atoms with E-state index < -0.39 is 23.9 Å². The van der Waals surface area contributed by atoms with Crippen molar-refractivity contribution in [2.24, 2.45) is 0 Å². The fraction of sp³-hybridized carbons (Fsp3) is 0.556. The number of carboxylic acids is 1. The molecular formula is C18H22F3NO4. The normalized spacial score (nSPS) is 13.2. The number of rotatable bonds is 8. The second-order valence-corrected chi connectivity index (χ2v) is 6.10. The van der Waals surface area contributed by atoms with E-state index in [0.29, 0.717) is 42.6 Å². The second kappa shape index (κ2) is 7.97. The zero-order valence-electron chi connectivity index (χ0n) is 14.9. The Labute approximate surface area is 149 Å². The Morgan fingerprint density at radius 2 is 1.92 bits per heavy atom. The third-order valence-corrected chi connectivity index (χ3v) is 4.08. The maximum absolute atomic E-state index is 13.2. The number of hydrogen-bond donors (Lipinski definition) is 1. The van der Waals surface area contributed by atoms with E-state index in [1.165, 1.54) is 6.07 Å². The predicted octanol–water partition coefficient (Wildman–Crippen LogP) is 4.99. The Morgan fingerprint density at radius 1 is 1.27 bits per heavy atom. The molecule has 0 radical (unpaired) electrons. The molecule has 0 fully saturated rings. The molecule has 0 bridgehead atoms. The number of fused-ring (bicyclic) bond motifs is 1. The molecule has 2 aromatic rings. The maximum atomic E-state index is 13.2. The number of benzene rings is 1. The minimum atomic E-state index is -4.63. The van der Waals surface area contributed by atoms with Crippen molar-refractivity contribution in [1.82, 2.24) is 5.16 Å². The lowest BCUT2D eigenvalue weighted by Gasteiger charge is -2.20. The monoisotopic (exact) mass is 373 g/mol. The number of halogens is 3. The smallest absolute Gasteiger partial charge is 0.437 e. The van der Waals surface area contributed by atoms with Crippen LogP contribution in [-0.4, -0.2) is 22.3 Å². The molecule has 144 valence electrons. The molecule has 1 N–H and O–H groups in total. The molecule has 1 aromatic carbocycles. The first-order chi connectivity index (χ1) is 12.2. The molecule has 0 amide bonds. The van der Waals surface area contributed by atoms with Crippen LogP contribution in [0.4, 0.5) is 13.2 Å². The van der Waals surface area contributed by atoms with Crippen LogP contribution >= 0.6 is 0 Å². The summed E-state index contributed by atoms with van der Waals surface area (Å²) in [7, 11) is 0. The van der Waals surface area contributed by atoms with Gasteiger partial charge in [-0.25, -0.2) is 4.79 Å². The molecule has 5 nitrogen and oxygen atoms in total. The van der Waals surface area contributed by atoms with Gasteiger partial charge in [-0.05, 0) is 30.9 Å². The van der Waals surface area contributed by atoms with Crippen LogP contribution < -0.4 is 4.74 Å². The van der Waals surface area contributed by atoms with Crippen molar-refractivity contribution in [1.29, 1.82) is 0 Å². The molecule has 1 unspecified atom stereocenters. The fourth-order valence-electron chi connectivity index (χ4n) is 2.92. The average molecular weight is 373 g/mol. The summed E-state index contributed by atoms with van der Waals surface area (Å²) < 4.78 is 50.4. The van der Waals surface area contributed by atoms with E-state index in [9.17, 15) is 23.1 Å². The van der Waals surface area contributed by atoms with Crippen LogP contribution in [0.5, 0.6) is 5.75 Å². The third-order valence-electron chi connectivity index (χ3n) is 4.08. The van der Waals surface area contributed by atoms with Gasteiger partial charge < -0.3 is 14.4 Å². The van der Waals surface area contributed by atoms with Gasteiger partial charge in [0, 0.05) is 5.56 Å². The standard InChI is InChI=1S/C18H22F3NO4/c1-4-7-10-9-12-15(26-22-16(12)18(19,20)21)11(8-5-2)14(10)25-13(6-3)17(23)24/h9,13H,4-8H2,1-3H3,(H,23,24). The van der Waals surface area contributed by atoms with Crippen molar-refractivity contribution in [3.8, 4) is 5.75 Å². The lowest BCUT2D eigenvalue weighted by atomic mass is 9.97. The summed E-state index contributed by atoms with van der Waals surface area (Å²) in [5.74, 6) is -0.814. The van der Waals surface area contributed by atoms with Gasteiger partial charge in [0.2, 0.25) is 0 Å². The van der Waals surface area contributed by atoms with Crippen LogP contribution in [0.25, 0.3) is 11.0 Å². The number of carboxylic acid groups (broad SMARTS) is 1. The van der Waals surface area contributed by atoms with Crippen molar-refractivity contribution in [2.75, 3.05) is 0 Å². The van der Waals surface area contributed by atoms with Gasteiger partial charge in [0.15, 0.2) is 17.4 Å². The van der Waals surface area contributed by atoms with E-state index in [2.05, 4.69) is 5.16 Å². The lowest BCUT2D eigenvalue weighted by Crippen LogP contribution is -2.27. The van der Waals surface area contributed by atoms with E-state index >= 15 is 0 Å². The number of aliphatic carboxylic acids is 1. The predicted molar refractivity (Wildman–Crippen MR) is 89.3 cm³/mol. The quantitative estimate of drug-likeness (QED) is 0.705. The van der Waals surface area contributed by atoms with Gasteiger partial charge in [0.25, 0.3) is 0 Å². The molecule has 0 saturated carbocycles. The van der Waals surface area contributed by atoms with Crippen molar-refractivity contribution in [3.63, 3.8) is 0 Å². The minimum absolute atomic E-state index is 0.00858. The van der Waals surface area contributed by atoms with Crippen LogP contribution in [0, 0.1) is 0 Å². The van der Waals surface area contributed by atoms with E-state index in [4.69, 9.17) is 9.26 Å². The van der Waals surface area contributed by atoms with Crippen molar-refractivity contribution >= 4 is 16.9 Å². The van der Waals surface area contributed by atoms with Gasteiger partial charge in [0.1, 0.15) is 5.75 Å². The lowest BCUT2D eigenvalue weighted by molar-refractivity contribution is -0.145. The molecule has 2 rings (SSSR count). The second-order valence-electron chi connectivity index (χ2n) is 6.10. The number of ether oxygens (including phenoxy) is 1. The first-order valence-corrected chi connectivity index (χ1v) is 8.65. The number of aryl methyl sites for hydroxylation is 2. The summed E-state index contributed by atoms with van der Waals surface area (Å²) in [6.07, 6.45) is -3.32. The fourth-order valence-corrected chi connectivity index (χ4v) is 2.92. The molecular weight excluding hydrogens is 351 g/mol. The zero-order chi connectivity index (χ0) is 19.5. The van der Waals surface area contributed by atoms with E-state index in [1.807, 2.05) is 13.8 Å². The average Bonchev–Trinajstić information content (AvgIpc) is 2.98. The molecule has 8 heteroatoms. The van der Waals surface area contributed by atoms with Crippen LogP contribution in [0.1, 0.15) is 56.9 Å². The summed E-state index contributed by atoms with van der Waals surface area (Å²) in [6, 6.07) is 1.36. The molecule has 1 heterocycles. The largest absolute Gasteiger partial charge is 0.479 e. The topological polar surface area (TPSA) is 72.6 Å². The number of nitrogens with zero attached hydrogens (tertiary/aromatic N) is 1. The highest BCUT2D eigenvalue weighted by molar-refractivity contribution is 5.87. The Bertz CT molecular complexity index is 783. The van der Waals surface area contributed by atoms with Gasteiger partial charge >= 0.3 is 12.1 Å². The molecule has 0 aliphatic carbocycles. The van der Waals surface area contributed by atoms with Crippen molar-refractivity contribution < 1.29 is 32.3 Å². The third kappa shape index (κ3) is 3.94. The Hall–Kier alpha value is -2.25. The van der Waals surface area contributed by atoms with Crippen molar-refractivity contribution in [3.05, 3.63) is 22.9 Å². The van der Waals surface area contributed by atoms with E-state index in [0.717, 1.165) is 0 Å². The van der Waals surface area contributed by atoms with Crippen LogP contribution in [0.15, 0.2) is 10.6 Å². The maximum Gasteiger partial charge on any atom is 0.437 e. The Morgan fingerprint density at radius 3 is 2.42 bits per heavy atom. The highest BCUT2D eigenvalue weighted by Crippen LogP contribution is 2.41. The molecule has 0 aliphatic heterocycles. The van der Waals surface area contributed by atoms with Gasteiger partial charge in [0.05, 0.1) is 5.39 Å². The summed E-state index contributed by atoms with van der Waals surface area (Å²) >= 11 is 0. The molecule has 0 aliphatic rings.